The molecule has 0 saturated carbocycles. The zero-order valence-electron chi connectivity index (χ0n) is 15.6. The summed E-state index contributed by atoms with van der Waals surface area (Å²) in [6.07, 6.45) is 5.88. The number of nitrogens with zero attached hydrogens (tertiary/aromatic N) is 3. The normalized spacial score (nSPS) is 15.6. The maximum Gasteiger partial charge on any atom is 0.150 e. The van der Waals surface area contributed by atoms with Crippen molar-refractivity contribution in [1.29, 1.82) is 0 Å². The van der Waals surface area contributed by atoms with E-state index in [-0.39, 0.29) is 5.82 Å². The minimum Gasteiger partial charge on any atom is -0.355 e. The molecule has 27 heavy (non-hydrogen) atoms. The van der Waals surface area contributed by atoms with Crippen molar-refractivity contribution in [2.75, 3.05) is 24.5 Å². The Hall–Kier alpha value is -2.05. The van der Waals surface area contributed by atoms with Gasteiger partial charge in [-0.25, -0.2) is 14.4 Å². The van der Waals surface area contributed by atoms with Crippen LogP contribution in [0.5, 0.6) is 0 Å². The average Bonchev–Trinajstić information content (AvgIpc) is 3.07. The molecule has 1 saturated heterocycles. The number of benzene rings is 1. The van der Waals surface area contributed by atoms with E-state index in [1.807, 2.05) is 6.07 Å². The molecule has 0 aliphatic carbocycles. The number of anilines is 1. The van der Waals surface area contributed by atoms with Crippen LogP contribution in [0.4, 0.5) is 10.2 Å². The second-order valence-corrected chi connectivity index (χ2v) is 8.12. The molecule has 1 N–H and O–H groups in total. The van der Waals surface area contributed by atoms with Crippen molar-refractivity contribution >= 4 is 27.4 Å². The second-order valence-electron chi connectivity index (χ2n) is 7.24. The van der Waals surface area contributed by atoms with Crippen molar-refractivity contribution in [3.05, 3.63) is 52.9 Å². The van der Waals surface area contributed by atoms with E-state index in [4.69, 9.17) is 0 Å². The molecule has 0 spiro atoms. The van der Waals surface area contributed by atoms with E-state index in [2.05, 4.69) is 32.5 Å². The summed E-state index contributed by atoms with van der Waals surface area (Å²) >= 11 is 1.74. The first-order valence-corrected chi connectivity index (χ1v) is 10.5. The SMILES string of the molecule is Cc1csc2c(N3CCC(NCCCc4cccc(F)c4)CC3)ncnc12. The van der Waals surface area contributed by atoms with E-state index >= 15 is 0 Å². The zero-order valence-corrected chi connectivity index (χ0v) is 16.4. The summed E-state index contributed by atoms with van der Waals surface area (Å²) in [4.78, 5) is 11.4. The van der Waals surface area contributed by atoms with Gasteiger partial charge in [0.05, 0.1) is 10.2 Å². The molecule has 1 aliphatic rings. The van der Waals surface area contributed by atoms with Crippen molar-refractivity contribution < 1.29 is 4.39 Å². The van der Waals surface area contributed by atoms with Crippen molar-refractivity contribution in [2.24, 2.45) is 0 Å². The van der Waals surface area contributed by atoms with E-state index in [0.717, 1.165) is 62.2 Å². The molecule has 6 heteroatoms. The van der Waals surface area contributed by atoms with Crippen molar-refractivity contribution in [2.45, 2.75) is 38.6 Å². The lowest BCUT2D eigenvalue weighted by molar-refractivity contribution is 0.412. The molecule has 4 rings (SSSR count). The first kappa shape index (κ1) is 18.3. The lowest BCUT2D eigenvalue weighted by Crippen LogP contribution is -2.43. The van der Waals surface area contributed by atoms with Crippen LogP contribution in [0.15, 0.2) is 36.0 Å². The third kappa shape index (κ3) is 4.28. The molecule has 0 unspecified atom stereocenters. The largest absolute Gasteiger partial charge is 0.355 e. The van der Waals surface area contributed by atoms with Crippen molar-refractivity contribution in [1.82, 2.24) is 15.3 Å². The van der Waals surface area contributed by atoms with Gasteiger partial charge in [-0.05, 0) is 67.8 Å². The molecule has 1 fully saturated rings. The Balaban J connectivity index is 1.25. The summed E-state index contributed by atoms with van der Waals surface area (Å²) in [5.41, 5.74) is 3.39. The molecular formula is C21H25FN4S. The standard InChI is InChI=1S/C21H25FN4S/c1-15-13-27-20-19(15)24-14-25-21(20)26-10-7-18(8-11-26)23-9-3-5-16-4-2-6-17(22)12-16/h2,4,6,12-14,18,23H,3,5,7-11H2,1H3. The Bertz CT molecular complexity index is 902. The van der Waals surface area contributed by atoms with E-state index in [9.17, 15) is 4.39 Å². The van der Waals surface area contributed by atoms with Crippen LogP contribution in [-0.4, -0.2) is 35.6 Å². The number of piperidine rings is 1. The Morgan fingerprint density at radius 1 is 1.26 bits per heavy atom. The van der Waals surface area contributed by atoms with Gasteiger partial charge in [0.15, 0.2) is 0 Å². The Morgan fingerprint density at radius 2 is 2.11 bits per heavy atom. The maximum atomic E-state index is 13.2. The number of thiophene rings is 1. The fourth-order valence-corrected chi connectivity index (χ4v) is 4.79. The lowest BCUT2D eigenvalue weighted by atomic mass is 10.0. The summed E-state index contributed by atoms with van der Waals surface area (Å²) in [5.74, 6) is 0.940. The van der Waals surface area contributed by atoms with Gasteiger partial charge in [-0.3, -0.25) is 0 Å². The molecule has 1 aromatic carbocycles. The topological polar surface area (TPSA) is 41.0 Å². The van der Waals surface area contributed by atoms with Crippen LogP contribution in [0.1, 0.15) is 30.4 Å². The highest BCUT2D eigenvalue weighted by Gasteiger charge is 2.22. The molecule has 0 bridgehead atoms. The van der Waals surface area contributed by atoms with E-state index in [1.165, 1.54) is 16.3 Å². The fraction of sp³-hybridized carbons (Fsp3) is 0.429. The molecule has 2 aromatic heterocycles. The molecular weight excluding hydrogens is 359 g/mol. The van der Waals surface area contributed by atoms with Gasteiger partial charge in [0.2, 0.25) is 0 Å². The van der Waals surface area contributed by atoms with Crippen LogP contribution in [0.2, 0.25) is 0 Å². The van der Waals surface area contributed by atoms with Gasteiger partial charge in [0, 0.05) is 19.1 Å². The van der Waals surface area contributed by atoms with Crippen LogP contribution in [-0.2, 0) is 6.42 Å². The van der Waals surface area contributed by atoms with Gasteiger partial charge in [0.25, 0.3) is 0 Å². The minimum atomic E-state index is -0.146. The average molecular weight is 385 g/mol. The maximum absolute atomic E-state index is 13.2. The zero-order chi connectivity index (χ0) is 18.6. The Labute approximate surface area is 163 Å². The molecule has 142 valence electrons. The van der Waals surface area contributed by atoms with Crippen LogP contribution in [0, 0.1) is 12.7 Å². The number of rotatable bonds is 6. The number of halogens is 1. The lowest BCUT2D eigenvalue weighted by Gasteiger charge is -2.33. The van der Waals surface area contributed by atoms with Crippen molar-refractivity contribution in [3.8, 4) is 0 Å². The number of hydrogen-bond donors (Lipinski definition) is 1. The van der Waals surface area contributed by atoms with E-state index in [1.54, 1.807) is 29.8 Å². The number of fused-ring (bicyclic) bond motifs is 1. The fourth-order valence-electron chi connectivity index (χ4n) is 3.77. The smallest absolute Gasteiger partial charge is 0.150 e. The molecule has 4 nitrogen and oxygen atoms in total. The van der Waals surface area contributed by atoms with Crippen LogP contribution >= 0.6 is 11.3 Å². The summed E-state index contributed by atoms with van der Waals surface area (Å²) < 4.78 is 14.4. The molecule has 0 atom stereocenters. The predicted octanol–water partition coefficient (Wildman–Crippen LogP) is 4.33. The Kier molecular flexibility index (Phi) is 5.64. The van der Waals surface area contributed by atoms with Crippen LogP contribution in [0.25, 0.3) is 10.2 Å². The number of hydrogen-bond acceptors (Lipinski definition) is 5. The van der Waals surface area contributed by atoms with Gasteiger partial charge >= 0.3 is 0 Å². The minimum absolute atomic E-state index is 0.146. The monoisotopic (exact) mass is 384 g/mol. The summed E-state index contributed by atoms with van der Waals surface area (Å²) in [6, 6.07) is 7.46. The third-order valence-electron chi connectivity index (χ3n) is 5.27. The number of nitrogens with one attached hydrogen (secondary N) is 1. The van der Waals surface area contributed by atoms with Gasteiger partial charge in [-0.15, -0.1) is 11.3 Å². The molecule has 3 aromatic rings. The van der Waals surface area contributed by atoms with E-state index < -0.39 is 0 Å². The van der Waals surface area contributed by atoms with Crippen LogP contribution in [0.3, 0.4) is 0 Å². The second kappa shape index (κ2) is 8.31. The van der Waals surface area contributed by atoms with E-state index in [0.29, 0.717) is 6.04 Å². The summed E-state index contributed by atoms with van der Waals surface area (Å²) in [7, 11) is 0. The Morgan fingerprint density at radius 3 is 2.93 bits per heavy atom. The van der Waals surface area contributed by atoms with Gasteiger partial charge in [0.1, 0.15) is 18.0 Å². The van der Waals surface area contributed by atoms with Gasteiger partial charge in [-0.2, -0.15) is 0 Å². The summed E-state index contributed by atoms with van der Waals surface area (Å²) in [5, 5.41) is 5.83. The number of aromatic nitrogens is 2. The van der Waals surface area contributed by atoms with Gasteiger partial charge in [-0.1, -0.05) is 12.1 Å². The molecule has 0 amide bonds. The van der Waals surface area contributed by atoms with Crippen molar-refractivity contribution in [3.63, 3.8) is 0 Å². The van der Waals surface area contributed by atoms with Gasteiger partial charge < -0.3 is 10.2 Å². The number of aryl methyl sites for hydroxylation is 2. The highest BCUT2D eigenvalue weighted by atomic mass is 32.1. The summed E-state index contributed by atoms with van der Waals surface area (Å²) in [6.45, 7) is 5.12. The molecule has 3 heterocycles. The first-order valence-electron chi connectivity index (χ1n) is 9.62. The molecule has 0 radical (unpaired) electrons. The molecule has 1 aliphatic heterocycles. The third-order valence-corrected chi connectivity index (χ3v) is 6.35. The highest BCUT2D eigenvalue weighted by Crippen LogP contribution is 2.32. The quantitative estimate of drug-likeness (QED) is 0.642. The highest BCUT2D eigenvalue weighted by molar-refractivity contribution is 7.18. The van der Waals surface area contributed by atoms with Crippen LogP contribution < -0.4 is 10.2 Å². The predicted molar refractivity (Wildman–Crippen MR) is 110 cm³/mol. The first-order chi connectivity index (χ1) is 13.2.